The third kappa shape index (κ3) is 3.67. The standard InChI is InChI=1S/C11H15BrClNO/c1-7(11(2,3)15)14-10-5-4-8(12)6-9(10)13/h4-7,14-15H,1-3H3. The first-order valence-electron chi connectivity index (χ1n) is 4.74. The lowest BCUT2D eigenvalue weighted by Crippen LogP contribution is -2.39. The molecule has 0 fully saturated rings. The summed E-state index contributed by atoms with van der Waals surface area (Å²) < 4.78 is 0.939. The van der Waals surface area contributed by atoms with E-state index in [0.717, 1.165) is 10.2 Å². The summed E-state index contributed by atoms with van der Waals surface area (Å²) in [4.78, 5) is 0. The largest absolute Gasteiger partial charge is 0.388 e. The summed E-state index contributed by atoms with van der Waals surface area (Å²) in [6, 6.07) is 5.54. The van der Waals surface area contributed by atoms with Crippen LogP contribution in [-0.2, 0) is 0 Å². The molecular weight excluding hydrogens is 277 g/mol. The summed E-state index contributed by atoms with van der Waals surface area (Å²) in [6.45, 7) is 5.44. The zero-order valence-corrected chi connectivity index (χ0v) is 11.4. The molecular formula is C11H15BrClNO. The van der Waals surface area contributed by atoms with Gasteiger partial charge in [0, 0.05) is 4.47 Å². The fraction of sp³-hybridized carbons (Fsp3) is 0.455. The molecule has 0 saturated heterocycles. The van der Waals surface area contributed by atoms with Gasteiger partial charge in [0.2, 0.25) is 0 Å². The Morgan fingerprint density at radius 3 is 2.53 bits per heavy atom. The maximum Gasteiger partial charge on any atom is 0.0789 e. The van der Waals surface area contributed by atoms with Crippen molar-refractivity contribution < 1.29 is 5.11 Å². The van der Waals surface area contributed by atoms with Gasteiger partial charge < -0.3 is 10.4 Å². The van der Waals surface area contributed by atoms with E-state index >= 15 is 0 Å². The number of rotatable bonds is 3. The molecule has 1 aromatic rings. The lowest BCUT2D eigenvalue weighted by molar-refractivity contribution is 0.0649. The molecule has 2 N–H and O–H groups in total. The summed E-state index contributed by atoms with van der Waals surface area (Å²) in [7, 11) is 0. The fourth-order valence-electron chi connectivity index (χ4n) is 1.02. The first-order chi connectivity index (χ1) is 6.80. The molecule has 0 spiro atoms. The Hall–Kier alpha value is -0.250. The highest BCUT2D eigenvalue weighted by Gasteiger charge is 2.22. The van der Waals surface area contributed by atoms with E-state index in [-0.39, 0.29) is 6.04 Å². The van der Waals surface area contributed by atoms with E-state index in [2.05, 4.69) is 21.2 Å². The van der Waals surface area contributed by atoms with E-state index in [9.17, 15) is 5.11 Å². The number of anilines is 1. The van der Waals surface area contributed by atoms with Crippen LogP contribution < -0.4 is 5.32 Å². The third-order valence-electron chi connectivity index (χ3n) is 2.36. The van der Waals surface area contributed by atoms with Gasteiger partial charge in [0.05, 0.1) is 22.4 Å². The average molecular weight is 293 g/mol. The van der Waals surface area contributed by atoms with E-state index in [4.69, 9.17) is 11.6 Å². The quantitative estimate of drug-likeness (QED) is 0.891. The molecule has 0 aliphatic rings. The van der Waals surface area contributed by atoms with E-state index in [1.54, 1.807) is 13.8 Å². The number of halogens is 2. The predicted octanol–water partition coefficient (Wildman–Crippen LogP) is 3.67. The molecule has 0 heterocycles. The summed E-state index contributed by atoms with van der Waals surface area (Å²) in [6.07, 6.45) is 0. The highest BCUT2D eigenvalue weighted by Crippen LogP contribution is 2.27. The van der Waals surface area contributed by atoms with Gasteiger partial charge in [0.15, 0.2) is 0 Å². The molecule has 2 nitrogen and oxygen atoms in total. The lowest BCUT2D eigenvalue weighted by atomic mass is 10.0. The van der Waals surface area contributed by atoms with Crippen LogP contribution in [0.5, 0.6) is 0 Å². The second kappa shape index (κ2) is 4.73. The Kier molecular flexibility index (Phi) is 4.04. The Labute approximate surface area is 104 Å². The van der Waals surface area contributed by atoms with Gasteiger partial charge in [-0.25, -0.2) is 0 Å². The van der Waals surface area contributed by atoms with Crippen LogP contribution in [0.15, 0.2) is 22.7 Å². The van der Waals surface area contributed by atoms with Gasteiger partial charge in [0.25, 0.3) is 0 Å². The van der Waals surface area contributed by atoms with Crippen molar-refractivity contribution in [2.45, 2.75) is 32.4 Å². The number of benzene rings is 1. The zero-order chi connectivity index (χ0) is 11.6. The van der Waals surface area contributed by atoms with E-state index in [1.807, 2.05) is 25.1 Å². The van der Waals surface area contributed by atoms with Crippen LogP contribution in [-0.4, -0.2) is 16.7 Å². The van der Waals surface area contributed by atoms with Crippen LogP contribution >= 0.6 is 27.5 Å². The SMILES string of the molecule is CC(Nc1ccc(Br)cc1Cl)C(C)(C)O. The van der Waals surface area contributed by atoms with E-state index in [0.29, 0.717) is 5.02 Å². The molecule has 0 aliphatic carbocycles. The molecule has 84 valence electrons. The maximum absolute atomic E-state index is 9.78. The molecule has 1 unspecified atom stereocenters. The minimum atomic E-state index is -0.781. The van der Waals surface area contributed by atoms with Crippen molar-refractivity contribution in [3.05, 3.63) is 27.7 Å². The normalized spacial score (nSPS) is 13.7. The van der Waals surface area contributed by atoms with Crippen LogP contribution in [0, 0.1) is 0 Å². The smallest absolute Gasteiger partial charge is 0.0789 e. The van der Waals surface area contributed by atoms with Gasteiger partial charge in [-0.1, -0.05) is 27.5 Å². The lowest BCUT2D eigenvalue weighted by Gasteiger charge is -2.28. The summed E-state index contributed by atoms with van der Waals surface area (Å²) in [5, 5.41) is 13.6. The second-order valence-corrected chi connectivity index (χ2v) is 5.47. The number of aliphatic hydroxyl groups is 1. The highest BCUT2D eigenvalue weighted by atomic mass is 79.9. The Morgan fingerprint density at radius 2 is 2.07 bits per heavy atom. The van der Waals surface area contributed by atoms with Crippen LogP contribution in [0.25, 0.3) is 0 Å². The van der Waals surface area contributed by atoms with Gasteiger partial charge in [-0.05, 0) is 39.0 Å². The monoisotopic (exact) mass is 291 g/mol. The van der Waals surface area contributed by atoms with Crippen LogP contribution in [0.2, 0.25) is 5.02 Å². The fourth-order valence-corrected chi connectivity index (χ4v) is 1.74. The molecule has 0 saturated carbocycles. The molecule has 0 aromatic heterocycles. The Balaban J connectivity index is 2.82. The maximum atomic E-state index is 9.78. The van der Waals surface area contributed by atoms with Crippen molar-refractivity contribution >= 4 is 33.2 Å². The Bertz CT molecular complexity index is 349. The number of nitrogens with one attached hydrogen (secondary N) is 1. The minimum absolute atomic E-state index is 0.0730. The molecule has 0 radical (unpaired) electrons. The highest BCUT2D eigenvalue weighted by molar-refractivity contribution is 9.10. The van der Waals surface area contributed by atoms with Crippen molar-refractivity contribution in [1.29, 1.82) is 0 Å². The predicted molar refractivity (Wildman–Crippen MR) is 68.5 cm³/mol. The number of hydrogen-bond donors (Lipinski definition) is 2. The van der Waals surface area contributed by atoms with Gasteiger partial charge in [0.1, 0.15) is 0 Å². The van der Waals surface area contributed by atoms with E-state index < -0.39 is 5.60 Å². The molecule has 0 amide bonds. The van der Waals surface area contributed by atoms with Crippen LogP contribution in [0.4, 0.5) is 5.69 Å². The van der Waals surface area contributed by atoms with Crippen molar-refractivity contribution in [1.82, 2.24) is 0 Å². The van der Waals surface area contributed by atoms with Gasteiger partial charge in [-0.15, -0.1) is 0 Å². The van der Waals surface area contributed by atoms with Crippen LogP contribution in [0.3, 0.4) is 0 Å². The summed E-state index contributed by atoms with van der Waals surface area (Å²) in [5.41, 5.74) is 0.0469. The number of hydrogen-bond acceptors (Lipinski definition) is 2. The van der Waals surface area contributed by atoms with Crippen molar-refractivity contribution in [2.75, 3.05) is 5.32 Å². The van der Waals surface area contributed by atoms with Crippen molar-refractivity contribution in [2.24, 2.45) is 0 Å². The van der Waals surface area contributed by atoms with Crippen LogP contribution in [0.1, 0.15) is 20.8 Å². The molecule has 0 aliphatic heterocycles. The Morgan fingerprint density at radius 1 is 1.47 bits per heavy atom. The van der Waals surface area contributed by atoms with Gasteiger partial charge in [-0.3, -0.25) is 0 Å². The molecule has 0 bridgehead atoms. The zero-order valence-electron chi connectivity index (χ0n) is 9.01. The van der Waals surface area contributed by atoms with Gasteiger partial charge in [-0.2, -0.15) is 0 Å². The van der Waals surface area contributed by atoms with Gasteiger partial charge >= 0.3 is 0 Å². The second-order valence-electron chi connectivity index (χ2n) is 4.14. The molecule has 4 heteroatoms. The molecule has 1 aromatic carbocycles. The molecule has 1 atom stereocenters. The van der Waals surface area contributed by atoms with Crippen molar-refractivity contribution in [3.63, 3.8) is 0 Å². The average Bonchev–Trinajstić information content (AvgIpc) is 2.08. The topological polar surface area (TPSA) is 32.3 Å². The summed E-state index contributed by atoms with van der Waals surface area (Å²) >= 11 is 9.39. The van der Waals surface area contributed by atoms with Crippen molar-refractivity contribution in [3.8, 4) is 0 Å². The minimum Gasteiger partial charge on any atom is -0.388 e. The van der Waals surface area contributed by atoms with E-state index in [1.165, 1.54) is 0 Å². The molecule has 15 heavy (non-hydrogen) atoms. The third-order valence-corrected chi connectivity index (χ3v) is 3.17. The summed E-state index contributed by atoms with van der Waals surface area (Å²) in [5.74, 6) is 0. The molecule has 1 rings (SSSR count). The first-order valence-corrected chi connectivity index (χ1v) is 5.92. The first kappa shape index (κ1) is 12.8.